The number of likely N-dealkylation sites (N-methyl/N-ethyl adjacent to an activating group) is 1. The predicted molar refractivity (Wildman–Crippen MR) is 89.7 cm³/mol. The van der Waals surface area contributed by atoms with E-state index < -0.39 is 5.60 Å². The molecule has 0 bridgehead atoms. The number of aliphatic hydroxyl groups is 1. The number of anilines is 1. The van der Waals surface area contributed by atoms with Gasteiger partial charge >= 0.3 is 0 Å². The van der Waals surface area contributed by atoms with Gasteiger partial charge in [-0.05, 0) is 25.5 Å². The molecule has 2 aromatic heterocycles. The van der Waals surface area contributed by atoms with E-state index in [9.17, 15) is 9.90 Å². The van der Waals surface area contributed by atoms with Gasteiger partial charge in [0.1, 0.15) is 17.1 Å². The van der Waals surface area contributed by atoms with Crippen LogP contribution in [-0.4, -0.2) is 63.1 Å². The molecule has 3 rings (SSSR count). The molecule has 1 saturated heterocycles. The first-order valence-electron chi connectivity index (χ1n) is 7.89. The fraction of sp³-hybridized carbons (Fsp3) is 0.412. The smallest absolute Gasteiger partial charge is 0.272 e. The number of pyridine rings is 1. The first kappa shape index (κ1) is 16.3. The number of nitrogens with zero attached hydrogens (tertiary/aromatic N) is 5. The number of rotatable bonds is 4. The average Bonchev–Trinajstić information content (AvgIpc) is 2.97. The van der Waals surface area contributed by atoms with Crippen LogP contribution in [0.3, 0.4) is 0 Å². The highest BCUT2D eigenvalue weighted by molar-refractivity contribution is 5.92. The number of amides is 1. The molecule has 1 atom stereocenters. The van der Waals surface area contributed by atoms with Crippen molar-refractivity contribution in [3.8, 4) is 0 Å². The maximum absolute atomic E-state index is 12.5. The largest absolute Gasteiger partial charge is 0.386 e. The Balaban J connectivity index is 1.66. The van der Waals surface area contributed by atoms with Gasteiger partial charge in [0.05, 0.1) is 12.7 Å². The van der Waals surface area contributed by atoms with Gasteiger partial charge in [-0.1, -0.05) is 6.07 Å². The van der Waals surface area contributed by atoms with Crippen molar-refractivity contribution in [1.82, 2.24) is 19.9 Å². The Labute approximate surface area is 141 Å². The van der Waals surface area contributed by atoms with Gasteiger partial charge in [-0.25, -0.2) is 9.97 Å². The van der Waals surface area contributed by atoms with Crippen molar-refractivity contribution < 1.29 is 9.90 Å². The molecule has 0 saturated carbocycles. The Morgan fingerprint density at radius 1 is 1.42 bits per heavy atom. The molecular weight excluding hydrogens is 306 g/mol. The summed E-state index contributed by atoms with van der Waals surface area (Å²) in [7, 11) is 1.69. The lowest BCUT2D eigenvalue weighted by Crippen LogP contribution is -2.46. The Hall–Kier alpha value is -2.54. The minimum absolute atomic E-state index is 0.190. The fourth-order valence-corrected chi connectivity index (χ4v) is 3.01. The summed E-state index contributed by atoms with van der Waals surface area (Å²) in [5.41, 5.74) is 0.221. The monoisotopic (exact) mass is 327 g/mol. The molecule has 0 spiro atoms. The number of β-amino-alcohol motifs (C(OH)–C–C–N with tert-alkyl or cyclic N) is 1. The molecule has 1 fully saturated rings. The van der Waals surface area contributed by atoms with E-state index in [1.807, 2.05) is 24.0 Å². The molecule has 2 aromatic rings. The summed E-state index contributed by atoms with van der Waals surface area (Å²) < 4.78 is 0. The third kappa shape index (κ3) is 3.51. The standard InChI is InChI=1S/C17H21N5O2/c1-13-4-3-5-14(20-13)16(23)21(2)11-17(24)6-9-22(12-17)15-10-18-7-8-19-15/h3-5,7-8,10,24H,6,9,11-12H2,1-2H3. The van der Waals surface area contributed by atoms with Crippen LogP contribution in [0.25, 0.3) is 0 Å². The van der Waals surface area contributed by atoms with E-state index in [0.717, 1.165) is 11.5 Å². The summed E-state index contributed by atoms with van der Waals surface area (Å²) in [6.07, 6.45) is 5.50. The van der Waals surface area contributed by atoms with E-state index in [0.29, 0.717) is 25.2 Å². The zero-order chi connectivity index (χ0) is 17.2. The van der Waals surface area contributed by atoms with Crippen LogP contribution in [0.5, 0.6) is 0 Å². The number of hydrogen-bond donors (Lipinski definition) is 1. The number of hydrogen-bond acceptors (Lipinski definition) is 6. The lowest BCUT2D eigenvalue weighted by atomic mass is 10.0. The van der Waals surface area contributed by atoms with E-state index in [2.05, 4.69) is 15.0 Å². The van der Waals surface area contributed by atoms with Crippen molar-refractivity contribution in [3.63, 3.8) is 0 Å². The molecular formula is C17H21N5O2. The van der Waals surface area contributed by atoms with E-state index in [4.69, 9.17) is 0 Å². The van der Waals surface area contributed by atoms with Gasteiger partial charge in [0.2, 0.25) is 0 Å². The normalized spacial score (nSPS) is 20.2. The third-order valence-electron chi connectivity index (χ3n) is 4.19. The molecule has 7 nitrogen and oxygen atoms in total. The average molecular weight is 327 g/mol. The van der Waals surface area contributed by atoms with Gasteiger partial charge in [-0.15, -0.1) is 0 Å². The lowest BCUT2D eigenvalue weighted by Gasteiger charge is -2.29. The first-order valence-corrected chi connectivity index (χ1v) is 7.89. The lowest BCUT2D eigenvalue weighted by molar-refractivity contribution is 0.0262. The Morgan fingerprint density at radius 3 is 2.96 bits per heavy atom. The third-order valence-corrected chi connectivity index (χ3v) is 4.19. The zero-order valence-corrected chi connectivity index (χ0v) is 13.9. The van der Waals surface area contributed by atoms with E-state index >= 15 is 0 Å². The molecule has 24 heavy (non-hydrogen) atoms. The van der Waals surface area contributed by atoms with Crippen molar-refractivity contribution in [2.45, 2.75) is 18.9 Å². The zero-order valence-electron chi connectivity index (χ0n) is 13.9. The maximum Gasteiger partial charge on any atom is 0.272 e. The van der Waals surface area contributed by atoms with Crippen molar-refractivity contribution in [3.05, 3.63) is 48.2 Å². The molecule has 1 aliphatic heterocycles. The fourth-order valence-electron chi connectivity index (χ4n) is 3.01. The molecule has 126 valence electrons. The van der Waals surface area contributed by atoms with E-state index in [1.54, 1.807) is 31.7 Å². The second-order valence-electron chi connectivity index (χ2n) is 6.28. The van der Waals surface area contributed by atoms with Crippen LogP contribution in [0.15, 0.2) is 36.8 Å². The molecule has 1 aliphatic rings. The van der Waals surface area contributed by atoms with Gasteiger partial charge in [0, 0.05) is 38.2 Å². The molecule has 7 heteroatoms. The van der Waals surface area contributed by atoms with Crippen molar-refractivity contribution in [1.29, 1.82) is 0 Å². The quantitative estimate of drug-likeness (QED) is 0.898. The van der Waals surface area contributed by atoms with Crippen molar-refractivity contribution in [2.75, 3.05) is 31.6 Å². The van der Waals surface area contributed by atoms with Gasteiger partial charge in [0.25, 0.3) is 5.91 Å². The van der Waals surface area contributed by atoms with Crippen molar-refractivity contribution in [2.24, 2.45) is 0 Å². The molecule has 3 heterocycles. The second kappa shape index (κ2) is 6.52. The van der Waals surface area contributed by atoms with E-state index in [-0.39, 0.29) is 12.5 Å². The van der Waals surface area contributed by atoms with Crippen LogP contribution in [0.4, 0.5) is 5.82 Å². The highest BCUT2D eigenvalue weighted by Gasteiger charge is 2.38. The van der Waals surface area contributed by atoms with Crippen LogP contribution >= 0.6 is 0 Å². The molecule has 0 aliphatic carbocycles. The van der Waals surface area contributed by atoms with Gasteiger partial charge < -0.3 is 14.9 Å². The number of carbonyl (C=O) groups is 1. The highest BCUT2D eigenvalue weighted by Crippen LogP contribution is 2.26. The summed E-state index contributed by atoms with van der Waals surface area (Å²) >= 11 is 0. The van der Waals surface area contributed by atoms with Crippen molar-refractivity contribution >= 4 is 11.7 Å². The van der Waals surface area contributed by atoms with Crippen LogP contribution in [0, 0.1) is 6.92 Å². The molecule has 0 aromatic carbocycles. The number of aromatic nitrogens is 3. The molecule has 1 N–H and O–H groups in total. The van der Waals surface area contributed by atoms with E-state index in [1.165, 1.54) is 4.90 Å². The van der Waals surface area contributed by atoms with Gasteiger partial charge in [0.15, 0.2) is 0 Å². The Morgan fingerprint density at radius 2 is 2.25 bits per heavy atom. The Kier molecular flexibility index (Phi) is 4.44. The highest BCUT2D eigenvalue weighted by atomic mass is 16.3. The predicted octanol–water partition coefficient (Wildman–Crippen LogP) is 0.893. The number of aryl methyl sites for hydroxylation is 1. The maximum atomic E-state index is 12.5. The van der Waals surface area contributed by atoms with Crippen LogP contribution < -0.4 is 4.90 Å². The van der Waals surface area contributed by atoms with Gasteiger partial charge in [-0.3, -0.25) is 9.78 Å². The molecule has 1 unspecified atom stereocenters. The van der Waals surface area contributed by atoms with Crippen LogP contribution in [0.1, 0.15) is 22.6 Å². The van der Waals surface area contributed by atoms with Gasteiger partial charge in [-0.2, -0.15) is 0 Å². The minimum atomic E-state index is -0.967. The number of carbonyl (C=O) groups excluding carboxylic acids is 1. The SMILES string of the molecule is Cc1cccc(C(=O)N(C)CC2(O)CCN(c3cnccn3)C2)n1. The first-order chi connectivity index (χ1) is 11.5. The van der Waals surface area contributed by atoms with Crippen LogP contribution in [0.2, 0.25) is 0 Å². The topological polar surface area (TPSA) is 82.5 Å². The summed E-state index contributed by atoms with van der Waals surface area (Å²) in [5.74, 6) is 0.549. The second-order valence-corrected chi connectivity index (χ2v) is 6.28. The molecule has 1 amide bonds. The minimum Gasteiger partial charge on any atom is -0.386 e. The summed E-state index contributed by atoms with van der Waals surface area (Å²) in [6.45, 7) is 3.20. The summed E-state index contributed by atoms with van der Waals surface area (Å²) in [5, 5.41) is 10.8. The Bertz CT molecular complexity index is 724. The molecule has 0 radical (unpaired) electrons. The summed E-state index contributed by atoms with van der Waals surface area (Å²) in [4.78, 5) is 28.6. The van der Waals surface area contributed by atoms with Crippen LogP contribution in [-0.2, 0) is 0 Å². The summed E-state index contributed by atoms with van der Waals surface area (Å²) in [6, 6.07) is 5.35.